The average molecular weight is 207 g/mol. The summed E-state index contributed by atoms with van der Waals surface area (Å²) in [5.41, 5.74) is 0. The molecule has 0 aromatic carbocycles. The number of aromatic nitrogens is 1. The monoisotopic (exact) mass is 207 g/mol. The molecule has 0 spiro atoms. The van der Waals surface area contributed by atoms with Crippen LogP contribution in [0.4, 0.5) is 13.2 Å². The van der Waals surface area contributed by atoms with Crippen molar-refractivity contribution in [3.05, 3.63) is 18.3 Å². The maximum absolute atomic E-state index is 11.8. The first kappa shape index (κ1) is 10.6. The summed E-state index contributed by atoms with van der Waals surface area (Å²) >= 11 is 0. The molecule has 3 nitrogen and oxygen atoms in total. The molecule has 0 bridgehead atoms. The molecular weight excluding hydrogens is 199 g/mol. The van der Waals surface area contributed by atoms with Crippen LogP contribution in [0.5, 0.6) is 11.6 Å². The molecule has 0 saturated carbocycles. The van der Waals surface area contributed by atoms with Crippen molar-refractivity contribution in [2.24, 2.45) is 0 Å². The van der Waals surface area contributed by atoms with Crippen LogP contribution in [-0.2, 0) is 0 Å². The van der Waals surface area contributed by atoms with Crippen molar-refractivity contribution in [2.45, 2.75) is 6.18 Å². The molecule has 1 rings (SSSR count). The molecule has 0 N–H and O–H groups in total. The Bertz CT molecular complexity index is 301. The van der Waals surface area contributed by atoms with Crippen LogP contribution in [-0.4, -0.2) is 24.9 Å². The van der Waals surface area contributed by atoms with E-state index in [9.17, 15) is 13.2 Å². The molecule has 0 aliphatic rings. The van der Waals surface area contributed by atoms with Gasteiger partial charge in [-0.3, -0.25) is 0 Å². The van der Waals surface area contributed by atoms with Crippen LogP contribution in [0.1, 0.15) is 0 Å². The minimum atomic E-state index is -4.34. The number of ether oxygens (including phenoxy) is 2. The highest BCUT2D eigenvalue weighted by Crippen LogP contribution is 2.20. The quantitative estimate of drug-likeness (QED) is 0.759. The molecule has 0 fully saturated rings. The van der Waals surface area contributed by atoms with Gasteiger partial charge in [0, 0.05) is 12.3 Å². The van der Waals surface area contributed by atoms with Crippen LogP contribution in [0.3, 0.4) is 0 Å². The third-order valence-corrected chi connectivity index (χ3v) is 1.32. The number of nitrogens with zero attached hydrogens (tertiary/aromatic N) is 1. The molecule has 0 aliphatic heterocycles. The molecule has 78 valence electrons. The van der Waals surface area contributed by atoms with E-state index in [1.165, 1.54) is 25.4 Å². The molecule has 1 aromatic heterocycles. The van der Waals surface area contributed by atoms with Gasteiger partial charge in [-0.25, -0.2) is 4.98 Å². The Labute approximate surface area is 78.5 Å². The smallest absolute Gasteiger partial charge is 0.422 e. The van der Waals surface area contributed by atoms with E-state index in [0.717, 1.165) is 0 Å². The first-order valence-corrected chi connectivity index (χ1v) is 3.71. The molecule has 1 heterocycles. The Balaban J connectivity index is 2.59. The van der Waals surface area contributed by atoms with E-state index in [1.54, 1.807) is 0 Å². The van der Waals surface area contributed by atoms with Gasteiger partial charge in [-0.15, -0.1) is 0 Å². The number of rotatable bonds is 3. The van der Waals surface area contributed by atoms with Crippen LogP contribution in [0.25, 0.3) is 0 Å². The summed E-state index contributed by atoms with van der Waals surface area (Å²) in [6, 6.07) is 2.61. The van der Waals surface area contributed by atoms with Gasteiger partial charge < -0.3 is 9.47 Å². The third kappa shape index (κ3) is 3.51. The zero-order valence-electron chi connectivity index (χ0n) is 7.34. The molecule has 0 saturated heterocycles. The minimum Gasteiger partial charge on any atom is -0.484 e. The van der Waals surface area contributed by atoms with E-state index in [4.69, 9.17) is 4.74 Å². The Kier molecular flexibility index (Phi) is 3.16. The zero-order chi connectivity index (χ0) is 10.6. The summed E-state index contributed by atoms with van der Waals surface area (Å²) in [5, 5.41) is 0. The molecule has 6 heteroatoms. The topological polar surface area (TPSA) is 31.4 Å². The van der Waals surface area contributed by atoms with E-state index < -0.39 is 12.8 Å². The standard InChI is InChI=1S/C8H8F3NO2/c1-13-7-4-6(2-3-12-7)14-5-8(9,10)11/h2-4H,5H2,1H3. The molecule has 1 aromatic rings. The van der Waals surface area contributed by atoms with Crippen molar-refractivity contribution in [2.75, 3.05) is 13.7 Å². The number of hydrogen-bond donors (Lipinski definition) is 0. The summed E-state index contributed by atoms with van der Waals surface area (Å²) in [5.74, 6) is 0.291. The number of halogens is 3. The lowest BCUT2D eigenvalue weighted by Crippen LogP contribution is -2.19. The Morgan fingerprint density at radius 1 is 1.43 bits per heavy atom. The van der Waals surface area contributed by atoms with Crippen LogP contribution >= 0.6 is 0 Å². The van der Waals surface area contributed by atoms with Gasteiger partial charge in [0.1, 0.15) is 5.75 Å². The van der Waals surface area contributed by atoms with E-state index in [2.05, 4.69) is 9.72 Å². The predicted octanol–water partition coefficient (Wildman–Crippen LogP) is 2.03. The summed E-state index contributed by atoms with van der Waals surface area (Å²) in [7, 11) is 1.37. The van der Waals surface area contributed by atoms with Gasteiger partial charge >= 0.3 is 6.18 Å². The fraction of sp³-hybridized carbons (Fsp3) is 0.375. The molecule has 14 heavy (non-hydrogen) atoms. The van der Waals surface area contributed by atoms with E-state index in [-0.39, 0.29) is 11.6 Å². The largest absolute Gasteiger partial charge is 0.484 e. The highest BCUT2D eigenvalue weighted by atomic mass is 19.4. The lowest BCUT2D eigenvalue weighted by atomic mass is 10.4. The Morgan fingerprint density at radius 3 is 2.71 bits per heavy atom. The van der Waals surface area contributed by atoms with Crippen molar-refractivity contribution in [3.63, 3.8) is 0 Å². The van der Waals surface area contributed by atoms with E-state index >= 15 is 0 Å². The van der Waals surface area contributed by atoms with Crippen LogP contribution in [0, 0.1) is 0 Å². The second-order valence-electron chi connectivity index (χ2n) is 2.44. The van der Waals surface area contributed by atoms with Gasteiger partial charge in [0.05, 0.1) is 7.11 Å². The molecular formula is C8H8F3NO2. The third-order valence-electron chi connectivity index (χ3n) is 1.32. The predicted molar refractivity (Wildman–Crippen MR) is 42.3 cm³/mol. The first-order valence-electron chi connectivity index (χ1n) is 3.71. The SMILES string of the molecule is COc1cc(OCC(F)(F)F)ccn1. The zero-order valence-corrected chi connectivity index (χ0v) is 7.34. The van der Waals surface area contributed by atoms with Crippen LogP contribution in [0.15, 0.2) is 18.3 Å². The minimum absolute atomic E-state index is 0.0779. The van der Waals surface area contributed by atoms with E-state index in [1.807, 2.05) is 0 Å². The van der Waals surface area contributed by atoms with Gasteiger partial charge in [0.25, 0.3) is 0 Å². The van der Waals surface area contributed by atoms with Gasteiger partial charge in [-0.1, -0.05) is 0 Å². The Hall–Kier alpha value is -1.46. The summed E-state index contributed by atoms with van der Waals surface area (Å²) in [6.07, 6.45) is -3.03. The maximum atomic E-state index is 11.8. The van der Waals surface area contributed by atoms with Gasteiger partial charge in [0.2, 0.25) is 5.88 Å². The highest BCUT2D eigenvalue weighted by molar-refractivity contribution is 5.25. The summed E-state index contributed by atoms with van der Waals surface area (Å²) in [6.45, 7) is -1.32. The second-order valence-corrected chi connectivity index (χ2v) is 2.44. The fourth-order valence-electron chi connectivity index (χ4n) is 0.758. The fourth-order valence-corrected chi connectivity index (χ4v) is 0.758. The van der Waals surface area contributed by atoms with Crippen molar-refractivity contribution >= 4 is 0 Å². The van der Waals surface area contributed by atoms with Crippen molar-refractivity contribution < 1.29 is 22.6 Å². The van der Waals surface area contributed by atoms with Crippen LogP contribution < -0.4 is 9.47 Å². The lowest BCUT2D eigenvalue weighted by molar-refractivity contribution is -0.153. The number of methoxy groups -OCH3 is 1. The van der Waals surface area contributed by atoms with E-state index in [0.29, 0.717) is 0 Å². The van der Waals surface area contributed by atoms with Gasteiger partial charge in [-0.05, 0) is 6.07 Å². The normalized spacial score (nSPS) is 11.1. The summed E-state index contributed by atoms with van der Waals surface area (Å²) < 4.78 is 44.4. The number of alkyl halides is 3. The Morgan fingerprint density at radius 2 is 2.14 bits per heavy atom. The summed E-state index contributed by atoms with van der Waals surface area (Å²) in [4.78, 5) is 3.72. The molecule has 0 unspecified atom stereocenters. The average Bonchev–Trinajstić information content (AvgIpc) is 2.14. The van der Waals surface area contributed by atoms with Crippen molar-refractivity contribution in [3.8, 4) is 11.6 Å². The molecule has 0 amide bonds. The van der Waals surface area contributed by atoms with Crippen LogP contribution in [0.2, 0.25) is 0 Å². The van der Waals surface area contributed by atoms with Crippen molar-refractivity contribution in [1.82, 2.24) is 4.98 Å². The van der Waals surface area contributed by atoms with Gasteiger partial charge in [-0.2, -0.15) is 13.2 Å². The number of pyridine rings is 1. The molecule has 0 aliphatic carbocycles. The second kappa shape index (κ2) is 4.17. The maximum Gasteiger partial charge on any atom is 0.422 e. The number of hydrogen-bond acceptors (Lipinski definition) is 3. The molecule has 0 radical (unpaired) electrons. The highest BCUT2D eigenvalue weighted by Gasteiger charge is 2.28. The molecule has 0 atom stereocenters. The first-order chi connectivity index (χ1) is 6.51. The van der Waals surface area contributed by atoms with Crippen molar-refractivity contribution in [1.29, 1.82) is 0 Å². The van der Waals surface area contributed by atoms with Gasteiger partial charge in [0.15, 0.2) is 6.61 Å². The lowest BCUT2D eigenvalue weighted by Gasteiger charge is -2.09.